The molecule has 15 heavy (non-hydrogen) atoms. The van der Waals surface area contributed by atoms with Crippen molar-refractivity contribution in [1.29, 1.82) is 0 Å². The molecule has 0 radical (unpaired) electrons. The Morgan fingerprint density at radius 2 is 2.07 bits per heavy atom. The summed E-state index contributed by atoms with van der Waals surface area (Å²) in [5.74, 6) is 0. The minimum atomic E-state index is 0.120. The number of rotatable bonds is 3. The summed E-state index contributed by atoms with van der Waals surface area (Å²) in [5, 5.41) is 8.83. The third-order valence-electron chi connectivity index (χ3n) is 2.38. The molecule has 0 saturated carbocycles. The molecule has 3 heteroatoms. The number of aliphatic hydroxyl groups excluding tert-OH is 1. The number of aliphatic hydroxyl groups is 1. The molecule has 3 nitrogen and oxygen atoms in total. The van der Waals surface area contributed by atoms with Gasteiger partial charge < -0.3 is 15.3 Å². The van der Waals surface area contributed by atoms with E-state index in [2.05, 4.69) is 0 Å². The lowest BCUT2D eigenvalue weighted by Gasteiger charge is -2.05. The van der Waals surface area contributed by atoms with Gasteiger partial charge in [0.25, 0.3) is 0 Å². The Labute approximate surface area is 88.1 Å². The van der Waals surface area contributed by atoms with Gasteiger partial charge in [-0.2, -0.15) is 0 Å². The Bertz CT molecular complexity index is 435. The predicted molar refractivity (Wildman–Crippen MR) is 59.3 cm³/mol. The van der Waals surface area contributed by atoms with Crippen molar-refractivity contribution >= 4 is 5.69 Å². The van der Waals surface area contributed by atoms with E-state index in [1.54, 1.807) is 12.5 Å². The van der Waals surface area contributed by atoms with Gasteiger partial charge in [-0.15, -0.1) is 0 Å². The molecular formula is C12H13NO2. The smallest absolute Gasteiger partial charge is 0.0980 e. The molecule has 0 aliphatic carbocycles. The van der Waals surface area contributed by atoms with Crippen LogP contribution in [0.1, 0.15) is 5.56 Å². The van der Waals surface area contributed by atoms with Gasteiger partial charge in [0.1, 0.15) is 0 Å². The Hall–Kier alpha value is -1.74. The highest BCUT2D eigenvalue weighted by molar-refractivity contribution is 5.68. The second-order valence-electron chi connectivity index (χ2n) is 3.40. The van der Waals surface area contributed by atoms with Crippen LogP contribution >= 0.6 is 0 Å². The second-order valence-corrected chi connectivity index (χ2v) is 3.40. The Kier molecular flexibility index (Phi) is 2.74. The molecule has 1 aromatic carbocycles. The van der Waals surface area contributed by atoms with E-state index in [4.69, 9.17) is 15.3 Å². The fourth-order valence-corrected chi connectivity index (χ4v) is 1.55. The standard InChI is InChI=1S/C12H13NO2/c13-12-7-10(11-4-6-15-8-11)2-1-9(12)3-5-14/h1-2,4,6-8,14H,3,5,13H2. The molecule has 0 aliphatic heterocycles. The average molecular weight is 203 g/mol. The van der Waals surface area contributed by atoms with Gasteiger partial charge >= 0.3 is 0 Å². The van der Waals surface area contributed by atoms with E-state index in [-0.39, 0.29) is 6.61 Å². The molecular weight excluding hydrogens is 190 g/mol. The first-order valence-electron chi connectivity index (χ1n) is 4.83. The maximum atomic E-state index is 8.83. The Morgan fingerprint density at radius 1 is 1.20 bits per heavy atom. The summed E-state index contributed by atoms with van der Waals surface area (Å²) in [6, 6.07) is 7.70. The molecule has 2 aromatic rings. The van der Waals surface area contributed by atoms with Crippen LogP contribution in [-0.2, 0) is 6.42 Å². The first kappa shape index (κ1) is 9.80. The van der Waals surface area contributed by atoms with E-state index in [1.807, 2.05) is 24.3 Å². The molecule has 0 bridgehead atoms. The van der Waals surface area contributed by atoms with Gasteiger partial charge in [-0.3, -0.25) is 0 Å². The van der Waals surface area contributed by atoms with Gasteiger partial charge in [0.05, 0.1) is 12.5 Å². The highest BCUT2D eigenvalue weighted by atomic mass is 16.3. The zero-order valence-corrected chi connectivity index (χ0v) is 8.31. The average Bonchev–Trinajstić information content (AvgIpc) is 2.74. The fourth-order valence-electron chi connectivity index (χ4n) is 1.55. The van der Waals surface area contributed by atoms with Crippen molar-refractivity contribution in [3.05, 3.63) is 42.4 Å². The molecule has 1 heterocycles. The minimum Gasteiger partial charge on any atom is -0.472 e. The highest BCUT2D eigenvalue weighted by Crippen LogP contribution is 2.24. The predicted octanol–water partition coefficient (Wildman–Crippen LogP) is 2.06. The van der Waals surface area contributed by atoms with Crippen LogP contribution < -0.4 is 5.73 Å². The molecule has 0 amide bonds. The fraction of sp³-hybridized carbons (Fsp3) is 0.167. The van der Waals surface area contributed by atoms with Crippen molar-refractivity contribution < 1.29 is 9.52 Å². The van der Waals surface area contributed by atoms with Crippen LogP contribution in [0, 0.1) is 0 Å². The second kappa shape index (κ2) is 4.19. The molecule has 0 spiro atoms. The topological polar surface area (TPSA) is 59.4 Å². The minimum absolute atomic E-state index is 0.120. The molecule has 2 rings (SSSR count). The Balaban J connectivity index is 2.33. The third kappa shape index (κ3) is 2.02. The van der Waals surface area contributed by atoms with E-state index in [1.165, 1.54) is 0 Å². The van der Waals surface area contributed by atoms with E-state index < -0.39 is 0 Å². The zero-order valence-electron chi connectivity index (χ0n) is 8.31. The summed E-state index contributed by atoms with van der Waals surface area (Å²) in [7, 11) is 0. The quantitative estimate of drug-likeness (QED) is 0.751. The van der Waals surface area contributed by atoms with Crippen molar-refractivity contribution in [1.82, 2.24) is 0 Å². The normalized spacial score (nSPS) is 10.5. The SMILES string of the molecule is Nc1cc(-c2ccoc2)ccc1CCO. The van der Waals surface area contributed by atoms with Crippen LogP contribution in [0.4, 0.5) is 5.69 Å². The van der Waals surface area contributed by atoms with Crippen LogP contribution in [0.5, 0.6) is 0 Å². The van der Waals surface area contributed by atoms with Crippen molar-refractivity contribution in [2.75, 3.05) is 12.3 Å². The summed E-state index contributed by atoms with van der Waals surface area (Å²) in [4.78, 5) is 0. The maximum absolute atomic E-state index is 8.83. The van der Waals surface area contributed by atoms with Crippen LogP contribution in [0.2, 0.25) is 0 Å². The van der Waals surface area contributed by atoms with Crippen LogP contribution in [0.15, 0.2) is 41.2 Å². The molecule has 3 N–H and O–H groups in total. The number of anilines is 1. The molecule has 78 valence electrons. The summed E-state index contributed by atoms with van der Waals surface area (Å²) >= 11 is 0. The Morgan fingerprint density at radius 3 is 2.67 bits per heavy atom. The number of hydrogen-bond acceptors (Lipinski definition) is 3. The van der Waals surface area contributed by atoms with Gasteiger partial charge in [0, 0.05) is 17.9 Å². The number of benzene rings is 1. The van der Waals surface area contributed by atoms with Gasteiger partial charge in [0.15, 0.2) is 0 Å². The highest BCUT2D eigenvalue weighted by Gasteiger charge is 2.03. The van der Waals surface area contributed by atoms with Gasteiger partial charge in [-0.1, -0.05) is 12.1 Å². The molecule has 0 saturated heterocycles. The first-order chi connectivity index (χ1) is 7.31. The lowest BCUT2D eigenvalue weighted by Crippen LogP contribution is -1.97. The molecule has 0 unspecified atom stereocenters. The summed E-state index contributed by atoms with van der Waals surface area (Å²) in [6.07, 6.45) is 3.91. The third-order valence-corrected chi connectivity index (χ3v) is 2.38. The summed E-state index contributed by atoms with van der Waals surface area (Å²) < 4.78 is 5.01. The van der Waals surface area contributed by atoms with E-state index in [0.717, 1.165) is 16.7 Å². The van der Waals surface area contributed by atoms with E-state index >= 15 is 0 Å². The van der Waals surface area contributed by atoms with E-state index in [9.17, 15) is 0 Å². The van der Waals surface area contributed by atoms with Gasteiger partial charge in [0.2, 0.25) is 0 Å². The lowest BCUT2D eigenvalue weighted by atomic mass is 10.0. The van der Waals surface area contributed by atoms with Crippen LogP contribution in [-0.4, -0.2) is 11.7 Å². The monoisotopic (exact) mass is 203 g/mol. The first-order valence-corrected chi connectivity index (χ1v) is 4.83. The van der Waals surface area contributed by atoms with Crippen molar-refractivity contribution in [2.45, 2.75) is 6.42 Å². The van der Waals surface area contributed by atoms with Crippen molar-refractivity contribution in [3.8, 4) is 11.1 Å². The number of nitrogen functional groups attached to an aromatic ring is 1. The van der Waals surface area contributed by atoms with Gasteiger partial charge in [-0.05, 0) is 29.7 Å². The van der Waals surface area contributed by atoms with Crippen molar-refractivity contribution in [3.63, 3.8) is 0 Å². The summed E-state index contributed by atoms with van der Waals surface area (Å²) in [6.45, 7) is 0.120. The van der Waals surface area contributed by atoms with Crippen molar-refractivity contribution in [2.24, 2.45) is 0 Å². The van der Waals surface area contributed by atoms with Crippen LogP contribution in [0.25, 0.3) is 11.1 Å². The largest absolute Gasteiger partial charge is 0.472 e. The zero-order chi connectivity index (χ0) is 10.7. The molecule has 0 atom stereocenters. The number of nitrogens with two attached hydrogens (primary N) is 1. The maximum Gasteiger partial charge on any atom is 0.0980 e. The summed E-state index contributed by atoms with van der Waals surface area (Å²) in [5.41, 5.74) is 9.60. The van der Waals surface area contributed by atoms with E-state index in [0.29, 0.717) is 12.1 Å². The molecule has 0 fully saturated rings. The molecule has 0 aliphatic rings. The molecule has 1 aromatic heterocycles. The lowest BCUT2D eigenvalue weighted by molar-refractivity contribution is 0.300. The van der Waals surface area contributed by atoms with Crippen LogP contribution in [0.3, 0.4) is 0 Å². The number of furan rings is 1. The van der Waals surface area contributed by atoms with Gasteiger partial charge in [-0.25, -0.2) is 0 Å². The number of hydrogen-bond donors (Lipinski definition) is 2.